The lowest BCUT2D eigenvalue weighted by Crippen LogP contribution is -2.44. The fourth-order valence-electron chi connectivity index (χ4n) is 3.32. The molecular formula is C20H18FN3O. The summed E-state index contributed by atoms with van der Waals surface area (Å²) >= 11 is 0. The van der Waals surface area contributed by atoms with Crippen molar-refractivity contribution < 1.29 is 9.18 Å². The lowest BCUT2D eigenvalue weighted by Gasteiger charge is -2.37. The number of hydrogen-bond donors (Lipinski definition) is 1. The highest BCUT2D eigenvalue weighted by atomic mass is 19.1. The van der Waals surface area contributed by atoms with Crippen molar-refractivity contribution in [2.75, 3.05) is 11.9 Å². The van der Waals surface area contributed by atoms with Gasteiger partial charge in [-0.2, -0.15) is 0 Å². The summed E-state index contributed by atoms with van der Waals surface area (Å²) in [7, 11) is 0. The number of hydrogen-bond acceptors (Lipinski definition) is 1. The average Bonchev–Trinajstić information content (AvgIpc) is 3.12. The van der Waals surface area contributed by atoms with Crippen LogP contribution in [0.1, 0.15) is 17.3 Å². The fourth-order valence-corrected chi connectivity index (χ4v) is 3.32. The van der Waals surface area contributed by atoms with Gasteiger partial charge in [0.05, 0.1) is 6.04 Å². The molecule has 1 aliphatic rings. The number of urea groups is 1. The summed E-state index contributed by atoms with van der Waals surface area (Å²) < 4.78 is 15.2. The molecule has 2 aromatic carbocycles. The molecule has 5 heteroatoms. The Bertz CT molecular complexity index is 873. The topological polar surface area (TPSA) is 37.3 Å². The van der Waals surface area contributed by atoms with Crippen molar-refractivity contribution in [1.29, 1.82) is 0 Å². The van der Waals surface area contributed by atoms with E-state index < -0.39 is 0 Å². The van der Waals surface area contributed by atoms with E-state index in [-0.39, 0.29) is 17.9 Å². The van der Waals surface area contributed by atoms with Crippen molar-refractivity contribution in [1.82, 2.24) is 9.47 Å². The molecule has 2 amide bonds. The van der Waals surface area contributed by atoms with Crippen LogP contribution in [0.5, 0.6) is 0 Å². The highest BCUT2D eigenvalue weighted by Crippen LogP contribution is 2.32. The largest absolute Gasteiger partial charge is 0.348 e. The maximum absolute atomic E-state index is 13.1. The molecule has 0 spiro atoms. The van der Waals surface area contributed by atoms with Crippen molar-refractivity contribution in [2.24, 2.45) is 0 Å². The van der Waals surface area contributed by atoms with Crippen molar-refractivity contribution in [3.63, 3.8) is 0 Å². The molecule has 4 rings (SSSR count). The molecule has 0 radical (unpaired) electrons. The maximum atomic E-state index is 13.1. The summed E-state index contributed by atoms with van der Waals surface area (Å²) in [5.74, 6) is -0.323. The Kier molecular flexibility index (Phi) is 3.98. The van der Waals surface area contributed by atoms with Gasteiger partial charge < -0.3 is 14.8 Å². The van der Waals surface area contributed by atoms with E-state index in [1.807, 2.05) is 47.5 Å². The van der Waals surface area contributed by atoms with Crippen LogP contribution in [0, 0.1) is 5.82 Å². The third-order valence-electron chi connectivity index (χ3n) is 4.51. The first-order chi connectivity index (χ1) is 12.2. The normalized spacial score (nSPS) is 16.4. The highest BCUT2D eigenvalue weighted by Gasteiger charge is 2.32. The lowest BCUT2D eigenvalue weighted by atomic mass is 10.0. The van der Waals surface area contributed by atoms with Gasteiger partial charge >= 0.3 is 6.03 Å². The van der Waals surface area contributed by atoms with Crippen LogP contribution in [-0.4, -0.2) is 22.0 Å². The van der Waals surface area contributed by atoms with Gasteiger partial charge in [0.15, 0.2) is 0 Å². The number of anilines is 1. The molecular weight excluding hydrogens is 317 g/mol. The number of benzene rings is 2. The van der Waals surface area contributed by atoms with Gasteiger partial charge in [-0.15, -0.1) is 0 Å². The molecule has 3 aromatic rings. The first-order valence-corrected chi connectivity index (χ1v) is 8.25. The second-order valence-electron chi connectivity index (χ2n) is 6.07. The van der Waals surface area contributed by atoms with E-state index >= 15 is 0 Å². The van der Waals surface area contributed by atoms with Crippen LogP contribution in [0.25, 0.3) is 0 Å². The molecule has 4 nitrogen and oxygen atoms in total. The van der Waals surface area contributed by atoms with Gasteiger partial charge in [0.2, 0.25) is 0 Å². The molecule has 2 heterocycles. The molecule has 1 atom stereocenters. The number of fused-ring (bicyclic) bond motifs is 1. The van der Waals surface area contributed by atoms with E-state index in [2.05, 4.69) is 16.0 Å². The van der Waals surface area contributed by atoms with Crippen molar-refractivity contribution in [3.8, 4) is 0 Å². The number of carbonyl (C=O) groups excluding carboxylic acids is 1. The van der Waals surface area contributed by atoms with Gasteiger partial charge in [0, 0.05) is 30.7 Å². The molecule has 1 N–H and O–H groups in total. The first kappa shape index (κ1) is 15.4. The summed E-state index contributed by atoms with van der Waals surface area (Å²) in [6.45, 7) is 1.36. The Morgan fingerprint density at radius 3 is 2.48 bits per heavy atom. The van der Waals surface area contributed by atoms with Crippen LogP contribution < -0.4 is 5.32 Å². The number of nitrogens with zero attached hydrogens (tertiary/aromatic N) is 2. The monoisotopic (exact) mass is 335 g/mol. The van der Waals surface area contributed by atoms with Crippen molar-refractivity contribution in [2.45, 2.75) is 12.6 Å². The molecule has 1 aromatic heterocycles. The number of halogens is 1. The fraction of sp³-hybridized carbons (Fsp3) is 0.150. The van der Waals surface area contributed by atoms with Gasteiger partial charge in [-0.05, 0) is 42.0 Å². The lowest BCUT2D eigenvalue weighted by molar-refractivity contribution is 0.182. The Morgan fingerprint density at radius 2 is 1.72 bits per heavy atom. The number of carbonyl (C=O) groups is 1. The minimum Gasteiger partial charge on any atom is -0.348 e. The predicted octanol–water partition coefficient (Wildman–Crippen LogP) is 4.26. The molecule has 1 unspecified atom stereocenters. The molecule has 0 fully saturated rings. The molecule has 0 saturated heterocycles. The third kappa shape index (κ3) is 3.01. The number of aromatic nitrogens is 1. The molecule has 25 heavy (non-hydrogen) atoms. The molecule has 1 aliphatic heterocycles. The van der Waals surface area contributed by atoms with E-state index in [0.29, 0.717) is 12.2 Å². The van der Waals surface area contributed by atoms with Crippen LogP contribution in [0.4, 0.5) is 14.9 Å². The van der Waals surface area contributed by atoms with E-state index in [1.165, 1.54) is 12.1 Å². The van der Waals surface area contributed by atoms with E-state index in [0.717, 1.165) is 17.8 Å². The summed E-state index contributed by atoms with van der Waals surface area (Å²) in [4.78, 5) is 14.7. The summed E-state index contributed by atoms with van der Waals surface area (Å²) in [6.07, 6.45) is 2.04. The summed E-state index contributed by atoms with van der Waals surface area (Å²) in [5, 5.41) is 2.87. The average molecular weight is 335 g/mol. The van der Waals surface area contributed by atoms with Crippen LogP contribution in [0.3, 0.4) is 0 Å². The minimum atomic E-state index is -0.323. The Morgan fingerprint density at radius 1 is 0.960 bits per heavy atom. The van der Waals surface area contributed by atoms with Crippen molar-refractivity contribution >= 4 is 11.7 Å². The Labute approximate surface area is 145 Å². The van der Waals surface area contributed by atoms with Crippen molar-refractivity contribution in [3.05, 3.63) is 90.0 Å². The van der Waals surface area contributed by atoms with Crippen LogP contribution in [0.2, 0.25) is 0 Å². The molecule has 0 aliphatic carbocycles. The van der Waals surface area contributed by atoms with Gasteiger partial charge in [0.25, 0.3) is 0 Å². The Hall–Kier alpha value is -3.08. The summed E-state index contributed by atoms with van der Waals surface area (Å²) in [6, 6.07) is 19.5. The summed E-state index contributed by atoms with van der Waals surface area (Å²) in [5.41, 5.74) is 2.74. The van der Waals surface area contributed by atoms with Crippen LogP contribution >= 0.6 is 0 Å². The second-order valence-corrected chi connectivity index (χ2v) is 6.07. The van der Waals surface area contributed by atoms with Gasteiger partial charge in [-0.25, -0.2) is 9.18 Å². The van der Waals surface area contributed by atoms with E-state index in [1.54, 1.807) is 12.1 Å². The molecule has 126 valence electrons. The van der Waals surface area contributed by atoms with Crippen LogP contribution in [0.15, 0.2) is 72.9 Å². The smallest absolute Gasteiger partial charge is 0.322 e. The number of rotatable bonds is 2. The maximum Gasteiger partial charge on any atom is 0.322 e. The SMILES string of the molecule is O=C(Nc1ccc(F)cc1)N1CCn2cccc2C1c1ccccc1. The van der Waals surface area contributed by atoms with E-state index in [4.69, 9.17) is 0 Å². The minimum absolute atomic E-state index is 0.148. The highest BCUT2D eigenvalue weighted by molar-refractivity contribution is 5.90. The van der Waals surface area contributed by atoms with Gasteiger partial charge in [-0.1, -0.05) is 30.3 Å². The quantitative estimate of drug-likeness (QED) is 0.746. The van der Waals surface area contributed by atoms with Gasteiger partial charge in [-0.3, -0.25) is 0 Å². The second kappa shape index (κ2) is 6.43. The standard InChI is InChI=1S/C20H18FN3O/c21-16-8-10-17(11-9-16)22-20(25)24-14-13-23-12-4-7-18(23)19(24)15-5-2-1-3-6-15/h1-12,19H,13-14H2,(H,22,25). The van der Waals surface area contributed by atoms with Crippen LogP contribution in [-0.2, 0) is 6.54 Å². The molecule has 0 bridgehead atoms. The molecule has 0 saturated carbocycles. The zero-order chi connectivity index (χ0) is 17.2. The number of nitrogens with one attached hydrogen (secondary N) is 1. The van der Waals surface area contributed by atoms with Gasteiger partial charge in [0.1, 0.15) is 5.82 Å². The third-order valence-corrected chi connectivity index (χ3v) is 4.51. The predicted molar refractivity (Wildman–Crippen MR) is 94.8 cm³/mol. The Balaban J connectivity index is 1.65. The zero-order valence-corrected chi connectivity index (χ0v) is 13.6. The number of amides is 2. The first-order valence-electron chi connectivity index (χ1n) is 8.25. The van der Waals surface area contributed by atoms with E-state index in [9.17, 15) is 9.18 Å². The zero-order valence-electron chi connectivity index (χ0n) is 13.6.